The Bertz CT molecular complexity index is 972. The van der Waals surface area contributed by atoms with Gasteiger partial charge in [0.15, 0.2) is 11.6 Å². The van der Waals surface area contributed by atoms with Crippen molar-refractivity contribution < 1.29 is 14.3 Å². The fourth-order valence-electron chi connectivity index (χ4n) is 5.50. The lowest BCUT2D eigenvalue weighted by atomic mass is 9.77. The molecule has 9 heteroatoms. The van der Waals surface area contributed by atoms with Crippen LogP contribution in [0.1, 0.15) is 24.5 Å². The molecule has 2 aliphatic carbocycles. The van der Waals surface area contributed by atoms with Crippen LogP contribution >= 0.6 is 0 Å². The summed E-state index contributed by atoms with van der Waals surface area (Å²) in [5, 5.41) is 20.2. The zero-order chi connectivity index (χ0) is 20.8. The Balaban J connectivity index is 1.53. The highest BCUT2D eigenvalue weighted by atomic mass is 19.1. The zero-order valence-electron chi connectivity index (χ0n) is 16.4. The predicted octanol–water partition coefficient (Wildman–Crippen LogP) is 1.53. The Morgan fingerprint density at radius 3 is 2.93 bits per heavy atom. The molecule has 2 saturated carbocycles. The molecule has 6 N–H and O–H groups in total. The normalized spacial score (nSPS) is 32.5. The number of hydrogen-bond acceptors (Lipinski definition) is 7. The average Bonchev–Trinajstić information content (AvgIpc) is 3.28. The SMILES string of the molecule is NC(=O)[C@H]1[C@@H]2C[C@H]3CNCC(O)c4cccc(c4)Nc4ncc(F)c(n4)N[C@@H]1[C@@H]3C2. The number of aliphatic hydroxyl groups is 1. The van der Waals surface area contributed by atoms with E-state index in [-0.39, 0.29) is 41.5 Å². The lowest BCUT2D eigenvalue weighted by Gasteiger charge is -2.35. The number of nitrogens with two attached hydrogens (primary N) is 1. The van der Waals surface area contributed by atoms with Crippen molar-refractivity contribution in [3.63, 3.8) is 0 Å². The molecule has 3 aliphatic rings. The third kappa shape index (κ3) is 3.37. The van der Waals surface area contributed by atoms with Crippen LogP contribution in [-0.2, 0) is 4.79 Å². The average molecular weight is 412 g/mol. The van der Waals surface area contributed by atoms with Crippen molar-refractivity contribution in [1.29, 1.82) is 0 Å². The number of aromatic nitrogens is 2. The molecule has 6 atom stereocenters. The van der Waals surface area contributed by atoms with Crippen molar-refractivity contribution in [2.45, 2.75) is 25.0 Å². The number of carbonyl (C=O) groups is 1. The van der Waals surface area contributed by atoms with Crippen LogP contribution in [0.25, 0.3) is 0 Å². The van der Waals surface area contributed by atoms with Gasteiger partial charge in [0.25, 0.3) is 0 Å². The molecule has 158 valence electrons. The van der Waals surface area contributed by atoms with Crippen LogP contribution in [0.2, 0.25) is 0 Å². The van der Waals surface area contributed by atoms with E-state index >= 15 is 0 Å². The summed E-state index contributed by atoms with van der Waals surface area (Å²) in [5.41, 5.74) is 7.16. The zero-order valence-corrected chi connectivity index (χ0v) is 16.4. The van der Waals surface area contributed by atoms with Gasteiger partial charge in [0.2, 0.25) is 11.9 Å². The fourth-order valence-corrected chi connectivity index (χ4v) is 5.50. The molecule has 30 heavy (non-hydrogen) atoms. The van der Waals surface area contributed by atoms with Gasteiger partial charge in [0, 0.05) is 18.3 Å². The van der Waals surface area contributed by atoms with E-state index in [0.29, 0.717) is 18.2 Å². The molecule has 6 bridgehead atoms. The Kier molecular flexibility index (Phi) is 4.79. The highest BCUT2D eigenvalue weighted by Gasteiger charge is 2.54. The van der Waals surface area contributed by atoms with Gasteiger partial charge in [-0.05, 0) is 54.8 Å². The molecule has 2 aromatic rings. The topological polar surface area (TPSA) is 125 Å². The number of rotatable bonds is 1. The largest absolute Gasteiger partial charge is 0.387 e. The van der Waals surface area contributed by atoms with Gasteiger partial charge in [-0.25, -0.2) is 9.37 Å². The molecule has 0 saturated heterocycles. The summed E-state index contributed by atoms with van der Waals surface area (Å²) < 4.78 is 14.5. The van der Waals surface area contributed by atoms with Crippen molar-refractivity contribution in [3.05, 3.63) is 41.8 Å². The van der Waals surface area contributed by atoms with Crippen LogP contribution < -0.4 is 21.7 Å². The van der Waals surface area contributed by atoms with Gasteiger partial charge in [-0.15, -0.1) is 0 Å². The van der Waals surface area contributed by atoms with Gasteiger partial charge in [-0.3, -0.25) is 4.79 Å². The molecule has 1 unspecified atom stereocenters. The fraction of sp³-hybridized carbons (Fsp3) is 0.476. The van der Waals surface area contributed by atoms with Crippen molar-refractivity contribution in [1.82, 2.24) is 15.3 Å². The third-order valence-electron chi connectivity index (χ3n) is 6.79. The second-order valence-corrected chi connectivity index (χ2v) is 8.57. The molecular formula is C21H25FN6O2. The van der Waals surface area contributed by atoms with Gasteiger partial charge in [-0.1, -0.05) is 12.1 Å². The number of primary amides is 1. The first kappa shape index (κ1) is 19.2. The van der Waals surface area contributed by atoms with E-state index in [1.807, 2.05) is 24.3 Å². The Labute approximate surface area is 173 Å². The summed E-state index contributed by atoms with van der Waals surface area (Å²) in [6.07, 6.45) is 2.22. The lowest BCUT2D eigenvalue weighted by molar-refractivity contribution is -0.123. The summed E-state index contributed by atoms with van der Waals surface area (Å²) in [6, 6.07) is 7.07. The molecule has 2 heterocycles. The Hall–Kier alpha value is -2.78. The minimum Gasteiger partial charge on any atom is -0.387 e. The molecule has 8 nitrogen and oxygen atoms in total. The summed E-state index contributed by atoms with van der Waals surface area (Å²) in [4.78, 5) is 20.5. The number of carbonyl (C=O) groups excluding carboxylic acids is 1. The molecule has 0 spiro atoms. The number of hydrogen-bond donors (Lipinski definition) is 5. The van der Waals surface area contributed by atoms with Crippen molar-refractivity contribution in [2.75, 3.05) is 23.7 Å². The first-order valence-corrected chi connectivity index (χ1v) is 10.3. The van der Waals surface area contributed by atoms with E-state index in [1.54, 1.807) is 0 Å². The number of halogens is 1. The van der Waals surface area contributed by atoms with Gasteiger partial charge in [-0.2, -0.15) is 4.98 Å². The summed E-state index contributed by atoms with van der Waals surface area (Å²) in [7, 11) is 0. The van der Waals surface area contributed by atoms with Gasteiger partial charge >= 0.3 is 0 Å². The summed E-state index contributed by atoms with van der Waals surface area (Å²) >= 11 is 0. The first-order chi connectivity index (χ1) is 14.5. The Morgan fingerprint density at radius 1 is 1.23 bits per heavy atom. The van der Waals surface area contributed by atoms with Crippen molar-refractivity contribution >= 4 is 23.4 Å². The van der Waals surface area contributed by atoms with Crippen LogP contribution in [0.4, 0.5) is 21.8 Å². The van der Waals surface area contributed by atoms with E-state index in [4.69, 9.17) is 5.73 Å². The van der Waals surface area contributed by atoms with Crippen LogP contribution in [0, 0.1) is 29.5 Å². The molecule has 5 rings (SSSR count). The van der Waals surface area contributed by atoms with Crippen LogP contribution in [0.15, 0.2) is 30.5 Å². The highest BCUT2D eigenvalue weighted by Crippen LogP contribution is 2.52. The van der Waals surface area contributed by atoms with Crippen LogP contribution in [0.5, 0.6) is 0 Å². The molecule has 1 aromatic carbocycles. The summed E-state index contributed by atoms with van der Waals surface area (Å²) in [5.74, 6) is -0.326. The number of nitrogens with zero attached hydrogens (tertiary/aromatic N) is 2. The monoisotopic (exact) mass is 412 g/mol. The number of β-amino-alcohol motifs (C(OH)–C–C–N with tert-alkyl or cyclic N) is 1. The molecule has 2 fully saturated rings. The van der Waals surface area contributed by atoms with E-state index in [9.17, 15) is 14.3 Å². The number of nitrogens with one attached hydrogen (secondary N) is 3. The van der Waals surface area contributed by atoms with Gasteiger partial charge in [0.05, 0.1) is 18.2 Å². The quantitative estimate of drug-likeness (QED) is 0.481. The molecule has 1 aliphatic heterocycles. The molecule has 0 radical (unpaired) electrons. The number of anilines is 3. The standard InChI is InChI=1S/C21H25FN6O2/c22-15-8-25-21-26-13-3-1-2-10(5-13)16(29)9-24-7-12-4-11-6-14(12)18(17(11)19(23)30)27-20(15)28-21/h1-3,5,8,11-12,14,16-18,24,29H,4,6-7,9H2,(H2,23,30)(H2,25,26,27,28)/t11-,12+,14-,16?,17+,18-/m1/s1. The first-order valence-electron chi connectivity index (χ1n) is 10.3. The maximum absolute atomic E-state index is 14.5. The van der Waals surface area contributed by atoms with Crippen molar-refractivity contribution in [3.8, 4) is 0 Å². The number of fused-ring (bicyclic) bond motifs is 5. The Morgan fingerprint density at radius 2 is 2.10 bits per heavy atom. The highest BCUT2D eigenvalue weighted by molar-refractivity contribution is 5.79. The molecular weight excluding hydrogens is 387 g/mol. The number of amides is 1. The van der Waals surface area contributed by atoms with E-state index in [0.717, 1.165) is 31.1 Å². The van der Waals surface area contributed by atoms with Gasteiger partial charge < -0.3 is 26.8 Å². The van der Waals surface area contributed by atoms with E-state index < -0.39 is 11.9 Å². The molecule has 1 amide bonds. The van der Waals surface area contributed by atoms with Crippen LogP contribution in [-0.4, -0.2) is 40.1 Å². The van der Waals surface area contributed by atoms with Crippen LogP contribution in [0.3, 0.4) is 0 Å². The van der Waals surface area contributed by atoms with Gasteiger partial charge in [0.1, 0.15) is 0 Å². The smallest absolute Gasteiger partial charge is 0.229 e. The minimum absolute atomic E-state index is 0.0640. The maximum atomic E-state index is 14.5. The second kappa shape index (κ2) is 7.48. The second-order valence-electron chi connectivity index (χ2n) is 8.57. The van der Waals surface area contributed by atoms with E-state index in [2.05, 4.69) is 25.9 Å². The number of benzene rings is 1. The third-order valence-corrected chi connectivity index (χ3v) is 6.79. The molecule has 1 aromatic heterocycles. The van der Waals surface area contributed by atoms with Crippen molar-refractivity contribution in [2.24, 2.45) is 29.4 Å². The predicted molar refractivity (Wildman–Crippen MR) is 109 cm³/mol. The maximum Gasteiger partial charge on any atom is 0.229 e. The van der Waals surface area contributed by atoms with E-state index in [1.165, 1.54) is 0 Å². The lowest BCUT2D eigenvalue weighted by Crippen LogP contribution is -2.47. The summed E-state index contributed by atoms with van der Waals surface area (Å²) in [6.45, 7) is 1.14. The minimum atomic E-state index is -0.660. The number of aliphatic hydroxyl groups excluding tert-OH is 1.